The Morgan fingerprint density at radius 3 is 2.62 bits per heavy atom. The Labute approximate surface area is 127 Å². The molecule has 2 aromatic carbocycles. The number of ether oxygens (including phenoxy) is 2. The van der Waals surface area contributed by atoms with Crippen LogP contribution in [0.4, 0.5) is 5.69 Å². The van der Waals surface area contributed by atoms with Crippen molar-refractivity contribution in [1.82, 2.24) is 0 Å². The van der Waals surface area contributed by atoms with Crippen molar-refractivity contribution in [3.05, 3.63) is 62.7 Å². The molecular weight excluding hydrogens is 294 g/mol. The predicted octanol–water partition coefficient (Wildman–Crippen LogP) is 4.14. The largest absolute Gasteiger partial charge is 0.496 e. The summed E-state index contributed by atoms with van der Waals surface area (Å²) in [5.41, 5.74) is 1.74. The van der Waals surface area contributed by atoms with Gasteiger partial charge in [0, 0.05) is 22.7 Å². The van der Waals surface area contributed by atoms with Gasteiger partial charge in [-0.2, -0.15) is 0 Å². The maximum Gasteiger partial charge on any atom is 0.311 e. The van der Waals surface area contributed by atoms with Crippen molar-refractivity contribution in [1.29, 1.82) is 0 Å². The maximum absolute atomic E-state index is 11.0. The van der Waals surface area contributed by atoms with Crippen molar-refractivity contribution in [3.63, 3.8) is 0 Å². The van der Waals surface area contributed by atoms with Crippen LogP contribution in [0.2, 0.25) is 5.02 Å². The lowest BCUT2D eigenvalue weighted by molar-refractivity contribution is -0.385. The Hall–Kier alpha value is -2.27. The molecule has 0 saturated carbocycles. The zero-order chi connectivity index (χ0) is 15.4. The van der Waals surface area contributed by atoms with Crippen molar-refractivity contribution in [2.24, 2.45) is 0 Å². The molecule has 0 atom stereocenters. The average molecular weight is 308 g/mol. The molecule has 0 amide bonds. The van der Waals surface area contributed by atoms with Gasteiger partial charge in [-0.05, 0) is 25.1 Å². The van der Waals surface area contributed by atoms with Gasteiger partial charge in [0.1, 0.15) is 12.4 Å². The first-order valence-electron chi connectivity index (χ1n) is 6.21. The van der Waals surface area contributed by atoms with E-state index >= 15 is 0 Å². The molecule has 2 rings (SSSR count). The highest BCUT2D eigenvalue weighted by atomic mass is 35.5. The quantitative estimate of drug-likeness (QED) is 0.615. The standard InChI is InChI=1S/C15H14ClNO4/c1-10-3-6-14(20-2)11(7-10)9-21-15-8-12(16)4-5-13(15)17(18)19/h3-8H,9H2,1-2H3. The second kappa shape index (κ2) is 6.45. The summed E-state index contributed by atoms with van der Waals surface area (Å²) < 4.78 is 10.8. The van der Waals surface area contributed by atoms with E-state index in [2.05, 4.69) is 0 Å². The van der Waals surface area contributed by atoms with E-state index in [-0.39, 0.29) is 18.0 Å². The topological polar surface area (TPSA) is 61.6 Å². The van der Waals surface area contributed by atoms with Gasteiger partial charge in [0.2, 0.25) is 0 Å². The lowest BCUT2D eigenvalue weighted by atomic mass is 10.1. The summed E-state index contributed by atoms with van der Waals surface area (Å²) in [6, 6.07) is 9.88. The molecule has 0 saturated heterocycles. The van der Waals surface area contributed by atoms with Gasteiger partial charge in [-0.15, -0.1) is 0 Å². The lowest BCUT2D eigenvalue weighted by Crippen LogP contribution is -2.01. The molecule has 0 spiro atoms. The first-order chi connectivity index (χ1) is 10.0. The molecule has 0 aliphatic rings. The van der Waals surface area contributed by atoms with Crippen molar-refractivity contribution < 1.29 is 14.4 Å². The Bertz CT molecular complexity index is 673. The molecule has 21 heavy (non-hydrogen) atoms. The average Bonchev–Trinajstić information content (AvgIpc) is 2.45. The fourth-order valence-electron chi connectivity index (χ4n) is 1.93. The summed E-state index contributed by atoms with van der Waals surface area (Å²) in [4.78, 5) is 10.5. The molecule has 0 aliphatic heterocycles. The highest BCUT2D eigenvalue weighted by molar-refractivity contribution is 6.30. The molecule has 0 aromatic heterocycles. The van der Waals surface area contributed by atoms with E-state index in [0.717, 1.165) is 11.1 Å². The van der Waals surface area contributed by atoms with Gasteiger partial charge in [0.25, 0.3) is 0 Å². The third kappa shape index (κ3) is 3.64. The first kappa shape index (κ1) is 15.1. The summed E-state index contributed by atoms with van der Waals surface area (Å²) in [6.07, 6.45) is 0. The van der Waals surface area contributed by atoms with Crippen LogP contribution in [0.5, 0.6) is 11.5 Å². The molecule has 5 nitrogen and oxygen atoms in total. The molecular formula is C15H14ClNO4. The van der Waals surface area contributed by atoms with Crippen LogP contribution >= 0.6 is 11.6 Å². The lowest BCUT2D eigenvalue weighted by Gasteiger charge is -2.11. The second-order valence-electron chi connectivity index (χ2n) is 4.47. The number of nitrogens with zero attached hydrogens (tertiary/aromatic N) is 1. The van der Waals surface area contributed by atoms with Crippen LogP contribution in [-0.2, 0) is 6.61 Å². The Morgan fingerprint density at radius 2 is 1.95 bits per heavy atom. The van der Waals surface area contributed by atoms with Crippen LogP contribution in [-0.4, -0.2) is 12.0 Å². The first-order valence-corrected chi connectivity index (χ1v) is 6.59. The molecule has 0 bridgehead atoms. The third-order valence-electron chi connectivity index (χ3n) is 2.94. The number of rotatable bonds is 5. The number of aryl methyl sites for hydroxylation is 1. The molecule has 6 heteroatoms. The number of hydrogen-bond acceptors (Lipinski definition) is 4. The molecule has 2 aromatic rings. The zero-order valence-corrected chi connectivity index (χ0v) is 12.4. The van der Waals surface area contributed by atoms with Crippen molar-refractivity contribution >= 4 is 17.3 Å². The monoisotopic (exact) mass is 307 g/mol. The van der Waals surface area contributed by atoms with Crippen LogP contribution in [0.25, 0.3) is 0 Å². The van der Waals surface area contributed by atoms with Gasteiger partial charge < -0.3 is 9.47 Å². The van der Waals surface area contributed by atoms with Gasteiger partial charge >= 0.3 is 5.69 Å². The summed E-state index contributed by atoms with van der Waals surface area (Å²) in [5.74, 6) is 0.807. The number of nitro benzene ring substituents is 1. The second-order valence-corrected chi connectivity index (χ2v) is 4.91. The SMILES string of the molecule is COc1ccc(C)cc1COc1cc(Cl)ccc1[N+](=O)[O-]. The van der Waals surface area contributed by atoms with E-state index in [9.17, 15) is 10.1 Å². The number of hydrogen-bond donors (Lipinski definition) is 0. The van der Waals surface area contributed by atoms with Crippen LogP contribution in [0.3, 0.4) is 0 Å². The molecule has 0 aliphatic carbocycles. The Kier molecular flexibility index (Phi) is 4.65. The highest BCUT2D eigenvalue weighted by Crippen LogP contribution is 2.31. The molecule has 0 heterocycles. The van der Waals surface area contributed by atoms with Crippen LogP contribution < -0.4 is 9.47 Å². The van der Waals surface area contributed by atoms with Crippen LogP contribution in [0.15, 0.2) is 36.4 Å². The minimum absolute atomic E-state index is 0.119. The van der Waals surface area contributed by atoms with E-state index in [1.165, 1.54) is 18.2 Å². The zero-order valence-electron chi connectivity index (χ0n) is 11.6. The molecule has 0 fully saturated rings. The van der Waals surface area contributed by atoms with Crippen LogP contribution in [0.1, 0.15) is 11.1 Å². The fourth-order valence-corrected chi connectivity index (χ4v) is 2.09. The van der Waals surface area contributed by atoms with Crippen LogP contribution in [0, 0.1) is 17.0 Å². The van der Waals surface area contributed by atoms with E-state index in [0.29, 0.717) is 10.8 Å². The smallest absolute Gasteiger partial charge is 0.311 e. The summed E-state index contributed by atoms with van der Waals surface area (Å²) in [5, 5.41) is 11.4. The van der Waals surface area contributed by atoms with Crippen molar-refractivity contribution in [2.75, 3.05) is 7.11 Å². The summed E-state index contributed by atoms with van der Waals surface area (Å²) in [7, 11) is 1.57. The summed E-state index contributed by atoms with van der Waals surface area (Å²) in [6.45, 7) is 2.11. The van der Waals surface area contributed by atoms with Crippen molar-refractivity contribution in [3.8, 4) is 11.5 Å². The number of halogens is 1. The summed E-state index contributed by atoms with van der Waals surface area (Å²) >= 11 is 5.86. The van der Waals surface area contributed by atoms with E-state index in [1.807, 2.05) is 25.1 Å². The van der Waals surface area contributed by atoms with Gasteiger partial charge in [-0.1, -0.05) is 23.2 Å². The maximum atomic E-state index is 11.0. The molecule has 0 N–H and O–H groups in total. The Morgan fingerprint density at radius 1 is 1.19 bits per heavy atom. The normalized spacial score (nSPS) is 10.2. The molecule has 0 radical (unpaired) electrons. The number of methoxy groups -OCH3 is 1. The predicted molar refractivity (Wildman–Crippen MR) is 80.2 cm³/mol. The third-order valence-corrected chi connectivity index (χ3v) is 3.17. The highest BCUT2D eigenvalue weighted by Gasteiger charge is 2.16. The molecule has 110 valence electrons. The minimum atomic E-state index is -0.501. The van der Waals surface area contributed by atoms with E-state index in [1.54, 1.807) is 7.11 Å². The van der Waals surface area contributed by atoms with Gasteiger partial charge in [0.15, 0.2) is 5.75 Å². The Balaban J connectivity index is 2.26. The van der Waals surface area contributed by atoms with E-state index in [4.69, 9.17) is 21.1 Å². The van der Waals surface area contributed by atoms with Gasteiger partial charge in [-0.3, -0.25) is 10.1 Å². The minimum Gasteiger partial charge on any atom is -0.496 e. The molecule has 0 unspecified atom stereocenters. The fraction of sp³-hybridized carbons (Fsp3) is 0.200. The van der Waals surface area contributed by atoms with Gasteiger partial charge in [0.05, 0.1) is 12.0 Å². The number of benzene rings is 2. The van der Waals surface area contributed by atoms with Crippen molar-refractivity contribution in [2.45, 2.75) is 13.5 Å². The number of nitro groups is 1. The van der Waals surface area contributed by atoms with Gasteiger partial charge in [-0.25, -0.2) is 0 Å². The van der Waals surface area contributed by atoms with E-state index < -0.39 is 4.92 Å².